The first-order valence-corrected chi connectivity index (χ1v) is 8.69. The SMILES string of the molecule is O=C1C[C@H](C(=O)NC[C@@H]2CCCO2)[C@H](c2ccc3c(c2)OCCO3)O1. The Balaban J connectivity index is 1.47. The molecule has 25 heavy (non-hydrogen) atoms. The molecule has 4 rings (SSSR count). The summed E-state index contributed by atoms with van der Waals surface area (Å²) < 4.78 is 22.0. The zero-order valence-corrected chi connectivity index (χ0v) is 13.9. The highest BCUT2D eigenvalue weighted by molar-refractivity contribution is 5.87. The van der Waals surface area contributed by atoms with Gasteiger partial charge in [-0.05, 0) is 30.5 Å². The summed E-state index contributed by atoms with van der Waals surface area (Å²) in [6.07, 6.45) is 1.51. The van der Waals surface area contributed by atoms with Crippen LogP contribution < -0.4 is 14.8 Å². The van der Waals surface area contributed by atoms with Gasteiger partial charge in [-0.2, -0.15) is 0 Å². The minimum atomic E-state index is -0.604. The lowest BCUT2D eigenvalue weighted by Crippen LogP contribution is -2.37. The Hall–Kier alpha value is -2.28. The fourth-order valence-corrected chi connectivity index (χ4v) is 3.48. The van der Waals surface area contributed by atoms with Gasteiger partial charge >= 0.3 is 5.97 Å². The lowest BCUT2D eigenvalue weighted by atomic mass is 9.94. The third-order valence-corrected chi connectivity index (χ3v) is 4.77. The summed E-state index contributed by atoms with van der Waals surface area (Å²) in [4.78, 5) is 24.4. The van der Waals surface area contributed by atoms with E-state index in [4.69, 9.17) is 18.9 Å². The Kier molecular flexibility index (Phi) is 4.48. The van der Waals surface area contributed by atoms with Gasteiger partial charge in [0.25, 0.3) is 0 Å². The molecule has 3 heterocycles. The number of esters is 1. The summed E-state index contributed by atoms with van der Waals surface area (Å²) in [6, 6.07) is 5.40. The molecule has 0 aromatic heterocycles. The van der Waals surface area contributed by atoms with Crippen molar-refractivity contribution in [3.05, 3.63) is 23.8 Å². The zero-order valence-electron chi connectivity index (χ0n) is 13.9. The molecule has 0 spiro atoms. The van der Waals surface area contributed by atoms with Crippen molar-refractivity contribution in [2.45, 2.75) is 31.5 Å². The van der Waals surface area contributed by atoms with Gasteiger partial charge in [0.05, 0.1) is 18.4 Å². The number of carbonyl (C=O) groups is 2. The van der Waals surface area contributed by atoms with Gasteiger partial charge in [0.15, 0.2) is 11.5 Å². The zero-order chi connectivity index (χ0) is 17.2. The summed E-state index contributed by atoms with van der Waals surface area (Å²) in [5, 5.41) is 2.90. The van der Waals surface area contributed by atoms with Gasteiger partial charge in [-0.15, -0.1) is 0 Å². The van der Waals surface area contributed by atoms with Crippen LogP contribution in [0.3, 0.4) is 0 Å². The Morgan fingerprint density at radius 3 is 2.80 bits per heavy atom. The number of amides is 1. The quantitative estimate of drug-likeness (QED) is 0.828. The predicted octanol–water partition coefficient (Wildman–Crippen LogP) is 1.36. The van der Waals surface area contributed by atoms with Gasteiger partial charge in [-0.25, -0.2) is 0 Å². The first-order chi connectivity index (χ1) is 12.2. The molecular formula is C18H21NO6. The molecule has 1 aromatic carbocycles. The van der Waals surface area contributed by atoms with Crippen molar-refractivity contribution in [1.29, 1.82) is 0 Å². The van der Waals surface area contributed by atoms with Crippen LogP contribution in [0.1, 0.15) is 30.9 Å². The Morgan fingerprint density at radius 2 is 2.00 bits per heavy atom. The molecule has 0 aliphatic carbocycles. The van der Waals surface area contributed by atoms with Crippen molar-refractivity contribution in [3.63, 3.8) is 0 Å². The van der Waals surface area contributed by atoms with Crippen LogP contribution >= 0.6 is 0 Å². The maximum Gasteiger partial charge on any atom is 0.307 e. The highest BCUT2D eigenvalue weighted by Crippen LogP contribution is 2.40. The predicted molar refractivity (Wildman–Crippen MR) is 86.4 cm³/mol. The monoisotopic (exact) mass is 347 g/mol. The number of rotatable bonds is 4. The summed E-state index contributed by atoms with van der Waals surface area (Å²) in [5.41, 5.74) is 0.743. The van der Waals surface area contributed by atoms with Crippen molar-refractivity contribution in [1.82, 2.24) is 5.32 Å². The minimum absolute atomic E-state index is 0.0646. The molecule has 134 valence electrons. The van der Waals surface area contributed by atoms with E-state index < -0.39 is 12.0 Å². The third kappa shape index (κ3) is 3.42. The van der Waals surface area contributed by atoms with Crippen LogP contribution in [0.5, 0.6) is 11.5 Å². The van der Waals surface area contributed by atoms with E-state index in [1.165, 1.54) is 0 Å². The second-order valence-electron chi connectivity index (χ2n) is 6.50. The number of ether oxygens (including phenoxy) is 4. The summed E-state index contributed by atoms with van der Waals surface area (Å²) in [5.74, 6) is 0.193. The number of cyclic esters (lactones) is 1. The highest BCUT2D eigenvalue weighted by atomic mass is 16.6. The first-order valence-electron chi connectivity index (χ1n) is 8.69. The van der Waals surface area contributed by atoms with Gasteiger partial charge in [0.2, 0.25) is 5.91 Å². The molecule has 1 amide bonds. The van der Waals surface area contributed by atoms with Crippen LogP contribution in [0.15, 0.2) is 18.2 Å². The van der Waals surface area contributed by atoms with E-state index in [1.807, 2.05) is 6.07 Å². The molecular weight excluding hydrogens is 326 g/mol. The molecule has 7 nitrogen and oxygen atoms in total. The van der Waals surface area contributed by atoms with E-state index in [9.17, 15) is 9.59 Å². The van der Waals surface area contributed by atoms with Crippen LogP contribution in [-0.4, -0.2) is 44.3 Å². The van der Waals surface area contributed by atoms with E-state index >= 15 is 0 Å². The molecule has 1 aromatic rings. The van der Waals surface area contributed by atoms with Crippen molar-refractivity contribution in [2.75, 3.05) is 26.4 Å². The minimum Gasteiger partial charge on any atom is -0.486 e. The van der Waals surface area contributed by atoms with Crippen molar-refractivity contribution in [2.24, 2.45) is 5.92 Å². The smallest absolute Gasteiger partial charge is 0.307 e. The van der Waals surface area contributed by atoms with Gasteiger partial charge in [-0.1, -0.05) is 6.07 Å². The third-order valence-electron chi connectivity index (χ3n) is 4.77. The summed E-state index contributed by atoms with van der Waals surface area (Å²) in [6.45, 7) is 2.20. The van der Waals surface area contributed by atoms with Crippen molar-refractivity contribution >= 4 is 11.9 Å². The van der Waals surface area contributed by atoms with E-state index in [2.05, 4.69) is 5.32 Å². The van der Waals surface area contributed by atoms with Gasteiger partial charge in [-0.3, -0.25) is 9.59 Å². The number of benzene rings is 1. The molecule has 3 aliphatic heterocycles. The fourth-order valence-electron chi connectivity index (χ4n) is 3.48. The first kappa shape index (κ1) is 16.2. The fraction of sp³-hybridized carbons (Fsp3) is 0.556. The number of carbonyl (C=O) groups excluding carboxylic acids is 2. The number of nitrogens with one attached hydrogen (secondary N) is 1. The van der Waals surface area contributed by atoms with Gasteiger partial charge in [0.1, 0.15) is 19.3 Å². The lowest BCUT2D eigenvalue weighted by molar-refractivity contribution is -0.141. The Morgan fingerprint density at radius 1 is 1.16 bits per heavy atom. The number of hydrogen-bond donors (Lipinski definition) is 1. The summed E-state index contributed by atoms with van der Waals surface area (Å²) in [7, 11) is 0. The topological polar surface area (TPSA) is 83.1 Å². The molecule has 1 N–H and O–H groups in total. The van der Waals surface area contributed by atoms with Crippen molar-refractivity contribution < 1.29 is 28.5 Å². The molecule has 0 bridgehead atoms. The second-order valence-corrected chi connectivity index (χ2v) is 6.50. The lowest BCUT2D eigenvalue weighted by Gasteiger charge is -2.22. The molecule has 0 unspecified atom stereocenters. The molecule has 0 radical (unpaired) electrons. The van der Waals surface area contributed by atoms with E-state index in [0.717, 1.165) is 25.0 Å². The maximum absolute atomic E-state index is 12.6. The van der Waals surface area contributed by atoms with Crippen LogP contribution in [0.4, 0.5) is 0 Å². The maximum atomic E-state index is 12.6. The van der Waals surface area contributed by atoms with Crippen LogP contribution in [-0.2, 0) is 19.1 Å². The highest BCUT2D eigenvalue weighted by Gasteiger charge is 2.41. The average Bonchev–Trinajstić information content (AvgIpc) is 3.29. The van der Waals surface area contributed by atoms with Crippen LogP contribution in [0.25, 0.3) is 0 Å². The van der Waals surface area contributed by atoms with E-state index in [-0.39, 0.29) is 24.4 Å². The average molecular weight is 347 g/mol. The Labute approximate surface area is 145 Å². The summed E-state index contributed by atoms with van der Waals surface area (Å²) >= 11 is 0. The molecule has 2 fully saturated rings. The second kappa shape index (κ2) is 6.92. The standard InChI is InChI=1S/C18H21NO6/c20-16-9-13(18(21)19-10-12-2-1-5-22-12)17(25-16)11-3-4-14-15(8-11)24-7-6-23-14/h3-4,8,12-13,17H,1-2,5-7,9-10H2,(H,19,21)/t12-,13-,17-/m0/s1. The Bertz CT molecular complexity index is 670. The van der Waals surface area contributed by atoms with Gasteiger partial charge < -0.3 is 24.3 Å². The molecule has 3 atom stereocenters. The number of fused-ring (bicyclic) bond motifs is 1. The van der Waals surface area contributed by atoms with Gasteiger partial charge in [0, 0.05) is 13.2 Å². The molecule has 2 saturated heterocycles. The van der Waals surface area contributed by atoms with E-state index in [1.54, 1.807) is 12.1 Å². The normalized spacial score (nSPS) is 27.8. The van der Waals surface area contributed by atoms with Crippen LogP contribution in [0, 0.1) is 5.92 Å². The number of hydrogen-bond acceptors (Lipinski definition) is 6. The van der Waals surface area contributed by atoms with Crippen molar-refractivity contribution in [3.8, 4) is 11.5 Å². The molecule has 7 heteroatoms. The van der Waals surface area contributed by atoms with E-state index in [0.29, 0.717) is 31.3 Å². The largest absolute Gasteiger partial charge is 0.486 e. The molecule has 3 aliphatic rings. The van der Waals surface area contributed by atoms with Crippen LogP contribution in [0.2, 0.25) is 0 Å². The molecule has 0 saturated carbocycles.